The van der Waals surface area contributed by atoms with Crippen LogP contribution in [0.2, 0.25) is 0 Å². The number of hydrogen-bond acceptors (Lipinski definition) is 2. The molecule has 1 aromatic heterocycles. The number of rotatable bonds is 4. The highest BCUT2D eigenvalue weighted by atomic mass is 16.6. The van der Waals surface area contributed by atoms with Crippen molar-refractivity contribution in [1.29, 1.82) is 0 Å². The van der Waals surface area contributed by atoms with Gasteiger partial charge in [-0.2, -0.15) is 0 Å². The van der Waals surface area contributed by atoms with E-state index in [4.69, 9.17) is 0 Å². The van der Waals surface area contributed by atoms with Crippen molar-refractivity contribution in [2.45, 2.75) is 0 Å². The number of aromatic amines is 1. The molecule has 0 aliphatic heterocycles. The number of H-pyrrole nitrogens is 1. The van der Waals surface area contributed by atoms with Gasteiger partial charge in [-0.15, -0.1) is 0 Å². The summed E-state index contributed by atoms with van der Waals surface area (Å²) in [5.74, 6) is 0. The number of fused-ring (bicyclic) bond motifs is 3. The lowest BCUT2D eigenvalue weighted by Crippen LogP contribution is -1.93. The first-order chi connectivity index (χ1) is 16.7. The summed E-state index contributed by atoms with van der Waals surface area (Å²) in [5, 5.41) is 14.0. The zero-order valence-corrected chi connectivity index (χ0v) is 18.2. The largest absolute Gasteiger partial charge is 0.354 e. The van der Waals surface area contributed by atoms with E-state index < -0.39 is 0 Å². The van der Waals surface area contributed by atoms with Crippen molar-refractivity contribution < 1.29 is 4.92 Å². The van der Waals surface area contributed by atoms with E-state index in [1.807, 2.05) is 54.6 Å². The fourth-order valence-electron chi connectivity index (χ4n) is 4.68. The molecule has 0 aliphatic rings. The third-order valence-electron chi connectivity index (χ3n) is 6.31. The Kier molecular flexibility index (Phi) is 4.70. The molecule has 0 saturated heterocycles. The average molecular weight is 441 g/mol. The molecule has 0 aliphatic carbocycles. The normalized spacial score (nSPS) is 11.2. The molecule has 0 fully saturated rings. The van der Waals surface area contributed by atoms with Crippen LogP contribution >= 0.6 is 0 Å². The SMILES string of the molecule is O=[N+]([O-])c1ccccc1-c1cc(-c2ccccc2)cc2c1[nH]c1ccc(-c3ccccc3)cc12. The second kappa shape index (κ2) is 8.01. The molecular weight excluding hydrogens is 420 g/mol. The predicted octanol–water partition coefficient (Wildman–Crippen LogP) is 8.23. The molecule has 5 aromatic carbocycles. The lowest BCUT2D eigenvalue weighted by Gasteiger charge is -2.09. The third kappa shape index (κ3) is 3.33. The van der Waals surface area contributed by atoms with Gasteiger partial charge in [-0.05, 0) is 52.6 Å². The topological polar surface area (TPSA) is 58.9 Å². The number of benzene rings is 5. The third-order valence-corrected chi connectivity index (χ3v) is 6.31. The van der Waals surface area contributed by atoms with Crippen LogP contribution in [0.4, 0.5) is 5.69 Å². The van der Waals surface area contributed by atoms with Crippen molar-refractivity contribution in [3.63, 3.8) is 0 Å². The highest BCUT2D eigenvalue weighted by Crippen LogP contribution is 2.41. The van der Waals surface area contributed by atoms with E-state index in [9.17, 15) is 10.1 Å². The van der Waals surface area contributed by atoms with Crippen LogP contribution in [0.1, 0.15) is 0 Å². The predicted molar refractivity (Wildman–Crippen MR) is 139 cm³/mol. The smallest absolute Gasteiger partial charge is 0.277 e. The van der Waals surface area contributed by atoms with Gasteiger partial charge in [0.1, 0.15) is 0 Å². The summed E-state index contributed by atoms with van der Waals surface area (Å²) in [5.41, 5.74) is 7.78. The van der Waals surface area contributed by atoms with Crippen LogP contribution in [0.15, 0.2) is 115 Å². The van der Waals surface area contributed by atoms with Gasteiger partial charge in [0, 0.05) is 27.9 Å². The number of hydrogen-bond donors (Lipinski definition) is 1. The van der Waals surface area contributed by atoms with Crippen molar-refractivity contribution in [2.24, 2.45) is 0 Å². The molecule has 1 N–H and O–H groups in total. The maximum Gasteiger partial charge on any atom is 0.277 e. The van der Waals surface area contributed by atoms with Gasteiger partial charge in [-0.25, -0.2) is 0 Å². The fourth-order valence-corrected chi connectivity index (χ4v) is 4.68. The van der Waals surface area contributed by atoms with Crippen LogP contribution < -0.4 is 0 Å². The van der Waals surface area contributed by atoms with Crippen molar-refractivity contribution in [2.75, 3.05) is 0 Å². The van der Waals surface area contributed by atoms with Crippen molar-refractivity contribution >= 4 is 27.5 Å². The lowest BCUT2D eigenvalue weighted by molar-refractivity contribution is -0.384. The van der Waals surface area contributed by atoms with Crippen LogP contribution in [0.5, 0.6) is 0 Å². The monoisotopic (exact) mass is 440 g/mol. The van der Waals surface area contributed by atoms with Crippen LogP contribution in [-0.4, -0.2) is 9.91 Å². The van der Waals surface area contributed by atoms with Crippen LogP contribution in [0.3, 0.4) is 0 Å². The molecule has 0 radical (unpaired) electrons. The Bertz CT molecular complexity index is 1670. The van der Waals surface area contributed by atoms with E-state index in [0.29, 0.717) is 5.56 Å². The Labute approximate surface area is 196 Å². The van der Waals surface area contributed by atoms with Gasteiger partial charge in [0.2, 0.25) is 0 Å². The molecule has 34 heavy (non-hydrogen) atoms. The minimum atomic E-state index is -0.313. The number of nitro benzene ring substituents is 1. The maximum absolute atomic E-state index is 11.9. The number of nitrogens with zero attached hydrogens (tertiary/aromatic N) is 1. The molecule has 6 aromatic rings. The minimum absolute atomic E-state index is 0.0950. The first-order valence-electron chi connectivity index (χ1n) is 11.1. The Morgan fingerprint density at radius 3 is 1.88 bits per heavy atom. The lowest BCUT2D eigenvalue weighted by atomic mass is 9.94. The summed E-state index contributed by atoms with van der Waals surface area (Å²) < 4.78 is 0. The van der Waals surface area contributed by atoms with Crippen molar-refractivity contribution in [3.8, 4) is 33.4 Å². The Morgan fingerprint density at radius 2 is 1.18 bits per heavy atom. The van der Waals surface area contributed by atoms with Gasteiger partial charge in [0.05, 0.1) is 16.0 Å². The highest BCUT2D eigenvalue weighted by Gasteiger charge is 2.20. The number of nitro groups is 1. The molecule has 1 heterocycles. The van der Waals surface area contributed by atoms with Gasteiger partial charge in [0.15, 0.2) is 0 Å². The first kappa shape index (κ1) is 19.9. The molecular formula is C30H20N2O2. The Morgan fingerprint density at radius 1 is 0.559 bits per heavy atom. The van der Waals surface area contributed by atoms with E-state index in [-0.39, 0.29) is 10.6 Å². The summed E-state index contributed by atoms with van der Waals surface area (Å²) in [6.07, 6.45) is 0. The molecule has 0 atom stereocenters. The standard InChI is InChI=1S/C30H20N2O2/c33-32(34)29-14-8-7-13-24(29)26-18-23(21-11-5-2-6-12-21)19-27-25-17-22(20-9-3-1-4-10-20)15-16-28(25)31-30(26)27/h1-19,31H. The Hall–Kier alpha value is -4.70. The molecule has 6 rings (SSSR count). The van der Waals surface area contributed by atoms with E-state index in [2.05, 4.69) is 53.5 Å². The van der Waals surface area contributed by atoms with E-state index in [1.54, 1.807) is 12.1 Å². The average Bonchev–Trinajstić information content (AvgIpc) is 3.27. The summed E-state index contributed by atoms with van der Waals surface area (Å²) in [7, 11) is 0. The molecule has 4 nitrogen and oxygen atoms in total. The molecule has 0 saturated carbocycles. The quantitative estimate of drug-likeness (QED) is 0.222. The van der Waals surface area contributed by atoms with Crippen LogP contribution in [0.25, 0.3) is 55.2 Å². The molecule has 0 spiro atoms. The molecule has 0 bridgehead atoms. The van der Waals surface area contributed by atoms with E-state index in [1.165, 1.54) is 0 Å². The van der Waals surface area contributed by atoms with Gasteiger partial charge in [-0.1, -0.05) is 78.9 Å². The van der Waals surface area contributed by atoms with Crippen molar-refractivity contribution in [1.82, 2.24) is 4.98 Å². The zero-order valence-electron chi connectivity index (χ0n) is 18.2. The van der Waals surface area contributed by atoms with E-state index >= 15 is 0 Å². The first-order valence-corrected chi connectivity index (χ1v) is 11.1. The van der Waals surface area contributed by atoms with Gasteiger partial charge < -0.3 is 4.98 Å². The van der Waals surface area contributed by atoms with E-state index in [0.717, 1.165) is 49.6 Å². The van der Waals surface area contributed by atoms with Crippen molar-refractivity contribution in [3.05, 3.63) is 125 Å². The second-order valence-corrected chi connectivity index (χ2v) is 8.34. The Balaban J connectivity index is 1.69. The van der Waals surface area contributed by atoms with Crippen LogP contribution in [-0.2, 0) is 0 Å². The molecule has 0 unspecified atom stereocenters. The minimum Gasteiger partial charge on any atom is -0.354 e. The van der Waals surface area contributed by atoms with Gasteiger partial charge >= 0.3 is 0 Å². The zero-order chi connectivity index (χ0) is 23.1. The molecule has 162 valence electrons. The number of para-hydroxylation sites is 1. The summed E-state index contributed by atoms with van der Waals surface area (Å²) in [4.78, 5) is 15.1. The fraction of sp³-hybridized carbons (Fsp3) is 0. The molecule has 4 heteroatoms. The number of nitrogens with one attached hydrogen (secondary N) is 1. The van der Waals surface area contributed by atoms with Gasteiger partial charge in [-0.3, -0.25) is 10.1 Å². The van der Waals surface area contributed by atoms with Gasteiger partial charge in [0.25, 0.3) is 5.69 Å². The summed E-state index contributed by atoms with van der Waals surface area (Å²) in [6.45, 7) is 0. The second-order valence-electron chi connectivity index (χ2n) is 8.34. The number of aromatic nitrogens is 1. The van der Waals surface area contributed by atoms with Crippen LogP contribution in [0, 0.1) is 10.1 Å². The molecule has 0 amide bonds. The maximum atomic E-state index is 11.9. The summed E-state index contributed by atoms with van der Waals surface area (Å²) >= 11 is 0. The summed E-state index contributed by atoms with van der Waals surface area (Å²) in [6, 6.07) is 38.0. The highest BCUT2D eigenvalue weighted by molar-refractivity contribution is 6.14.